The van der Waals surface area contributed by atoms with Crippen LogP contribution in [0.25, 0.3) is 10.8 Å². The lowest BCUT2D eigenvalue weighted by Crippen LogP contribution is -2.11. The summed E-state index contributed by atoms with van der Waals surface area (Å²) in [5.41, 5.74) is -0.249. The Morgan fingerprint density at radius 1 is 1.19 bits per heavy atom. The molecule has 26 heavy (non-hydrogen) atoms. The number of benzene rings is 2. The predicted molar refractivity (Wildman–Crippen MR) is 102 cm³/mol. The van der Waals surface area contributed by atoms with E-state index in [1.165, 1.54) is 0 Å². The molecule has 0 unspecified atom stereocenters. The van der Waals surface area contributed by atoms with Crippen LogP contribution in [0, 0.1) is 10.1 Å². The normalized spacial score (nSPS) is 11.4. The first-order valence-corrected chi connectivity index (χ1v) is 10.4. The minimum absolute atomic E-state index is 0.0401. The van der Waals surface area contributed by atoms with E-state index in [0.29, 0.717) is 6.54 Å². The minimum Gasteiger partial charge on any atom is -0.491 e. The van der Waals surface area contributed by atoms with Gasteiger partial charge in [0.1, 0.15) is 16.6 Å². The molecule has 0 saturated heterocycles. The summed E-state index contributed by atoms with van der Waals surface area (Å²) >= 11 is 0.847. The third-order valence-corrected chi connectivity index (χ3v) is 6.53. The molecule has 3 rings (SSSR count). The lowest BCUT2D eigenvalue weighted by Gasteiger charge is -2.10. The number of rotatable bonds is 7. The molecular formula is C17H16N2O5S2. The molecular weight excluding hydrogens is 376 g/mol. The zero-order chi connectivity index (χ0) is 18.7. The minimum atomic E-state index is -3.49. The van der Waals surface area contributed by atoms with Crippen molar-refractivity contribution in [2.75, 3.05) is 24.7 Å². The van der Waals surface area contributed by atoms with Crippen LogP contribution in [0.15, 0.2) is 52.7 Å². The Kier molecular flexibility index (Phi) is 5.10. The molecule has 1 heterocycles. The van der Waals surface area contributed by atoms with E-state index in [1.807, 2.05) is 42.5 Å². The van der Waals surface area contributed by atoms with Gasteiger partial charge < -0.3 is 10.1 Å². The van der Waals surface area contributed by atoms with Crippen molar-refractivity contribution in [3.05, 3.63) is 58.6 Å². The number of anilines is 1. The van der Waals surface area contributed by atoms with Crippen LogP contribution in [0.3, 0.4) is 0 Å². The topological polar surface area (TPSA) is 98.5 Å². The second kappa shape index (κ2) is 7.30. The Morgan fingerprint density at radius 3 is 2.65 bits per heavy atom. The summed E-state index contributed by atoms with van der Waals surface area (Å²) in [5, 5.41) is 16.2. The number of hydrogen-bond acceptors (Lipinski definition) is 7. The van der Waals surface area contributed by atoms with Crippen molar-refractivity contribution in [1.82, 2.24) is 0 Å². The highest BCUT2D eigenvalue weighted by molar-refractivity contribution is 7.92. The van der Waals surface area contributed by atoms with E-state index in [2.05, 4.69) is 5.32 Å². The molecule has 7 nitrogen and oxygen atoms in total. The van der Waals surface area contributed by atoms with Crippen LogP contribution in [0.1, 0.15) is 0 Å². The van der Waals surface area contributed by atoms with Gasteiger partial charge >= 0.3 is 5.69 Å². The molecule has 1 N–H and O–H groups in total. The summed E-state index contributed by atoms with van der Waals surface area (Å²) in [4.78, 5) is 10.5. The zero-order valence-electron chi connectivity index (χ0n) is 13.8. The first-order valence-electron chi connectivity index (χ1n) is 7.69. The van der Waals surface area contributed by atoms with Crippen molar-refractivity contribution in [2.24, 2.45) is 0 Å². The molecule has 0 aliphatic carbocycles. The van der Waals surface area contributed by atoms with Crippen molar-refractivity contribution in [1.29, 1.82) is 0 Å². The van der Waals surface area contributed by atoms with Gasteiger partial charge in [-0.3, -0.25) is 10.1 Å². The van der Waals surface area contributed by atoms with Gasteiger partial charge in [-0.05, 0) is 11.5 Å². The van der Waals surface area contributed by atoms with Crippen LogP contribution in [0.5, 0.6) is 5.75 Å². The molecule has 0 aliphatic rings. The molecule has 1 aromatic heterocycles. The van der Waals surface area contributed by atoms with Crippen molar-refractivity contribution in [3.8, 4) is 5.75 Å². The fourth-order valence-electron chi connectivity index (χ4n) is 2.45. The molecule has 3 aromatic rings. The maximum absolute atomic E-state index is 11.6. The van der Waals surface area contributed by atoms with Gasteiger partial charge in [-0.2, -0.15) is 0 Å². The quantitative estimate of drug-likeness (QED) is 0.374. The summed E-state index contributed by atoms with van der Waals surface area (Å²) < 4.78 is 28.9. The highest BCUT2D eigenvalue weighted by Gasteiger charge is 2.23. The number of fused-ring (bicyclic) bond motifs is 1. The second-order valence-corrected chi connectivity index (χ2v) is 8.86. The summed E-state index contributed by atoms with van der Waals surface area (Å²) in [5.74, 6) is 0.724. The third-order valence-electron chi connectivity index (χ3n) is 3.65. The average Bonchev–Trinajstić information content (AvgIpc) is 3.04. The van der Waals surface area contributed by atoms with Gasteiger partial charge in [0.25, 0.3) is 0 Å². The largest absolute Gasteiger partial charge is 0.491 e. The number of hydrogen-bond donors (Lipinski definition) is 1. The SMILES string of the molecule is CS(=O)(=O)c1cc([N+](=O)[O-])c(NCCOc2cccc3ccccc23)s1. The fraction of sp³-hybridized carbons (Fsp3) is 0.176. The molecule has 9 heteroatoms. The smallest absolute Gasteiger partial charge is 0.304 e. The third kappa shape index (κ3) is 3.94. The Balaban J connectivity index is 1.68. The highest BCUT2D eigenvalue weighted by Crippen LogP contribution is 2.36. The molecule has 0 amide bonds. The fourth-order valence-corrected chi connectivity index (χ4v) is 4.42. The first-order chi connectivity index (χ1) is 12.4. The van der Waals surface area contributed by atoms with Crippen LogP contribution >= 0.6 is 11.3 Å². The molecule has 0 atom stereocenters. The predicted octanol–water partition coefficient (Wildman–Crippen LogP) is 3.70. The summed E-state index contributed by atoms with van der Waals surface area (Å²) in [6, 6.07) is 14.6. The molecule has 2 aromatic carbocycles. The zero-order valence-corrected chi connectivity index (χ0v) is 15.5. The van der Waals surface area contributed by atoms with Gasteiger partial charge in [-0.25, -0.2) is 8.42 Å². The van der Waals surface area contributed by atoms with Crippen molar-refractivity contribution in [2.45, 2.75) is 4.21 Å². The number of nitrogens with zero attached hydrogens (tertiary/aromatic N) is 1. The molecule has 0 fully saturated rings. The Bertz CT molecular complexity index is 1050. The van der Waals surface area contributed by atoms with Gasteiger partial charge in [-0.15, -0.1) is 0 Å². The second-order valence-electron chi connectivity index (χ2n) is 5.56. The van der Waals surface area contributed by atoms with Gasteiger partial charge in [0, 0.05) is 24.3 Å². The summed E-state index contributed by atoms with van der Waals surface area (Å²) in [6.07, 6.45) is 1.02. The molecule has 0 radical (unpaired) electrons. The van der Waals surface area contributed by atoms with Crippen LogP contribution < -0.4 is 10.1 Å². The van der Waals surface area contributed by atoms with Gasteiger partial charge in [0.2, 0.25) is 0 Å². The van der Waals surface area contributed by atoms with E-state index >= 15 is 0 Å². The molecule has 0 bridgehead atoms. The number of thiophene rings is 1. The lowest BCUT2D eigenvalue weighted by atomic mass is 10.1. The molecule has 0 spiro atoms. The van der Waals surface area contributed by atoms with Crippen LogP contribution in [0.2, 0.25) is 0 Å². The van der Waals surface area contributed by atoms with Crippen LogP contribution in [0.4, 0.5) is 10.7 Å². The average molecular weight is 392 g/mol. The van der Waals surface area contributed by atoms with E-state index in [9.17, 15) is 18.5 Å². The van der Waals surface area contributed by atoms with Crippen LogP contribution in [-0.4, -0.2) is 32.7 Å². The number of nitro groups is 1. The Morgan fingerprint density at radius 2 is 1.92 bits per heavy atom. The van der Waals surface area contributed by atoms with Crippen molar-refractivity contribution < 1.29 is 18.1 Å². The van der Waals surface area contributed by atoms with E-state index in [-0.39, 0.29) is 21.5 Å². The number of sulfone groups is 1. The highest BCUT2D eigenvalue weighted by atomic mass is 32.2. The molecule has 0 saturated carbocycles. The van der Waals surface area contributed by atoms with E-state index in [0.717, 1.165) is 40.2 Å². The van der Waals surface area contributed by atoms with Gasteiger partial charge in [0.05, 0.1) is 4.92 Å². The molecule has 136 valence electrons. The van der Waals surface area contributed by atoms with E-state index in [4.69, 9.17) is 4.74 Å². The van der Waals surface area contributed by atoms with Crippen LogP contribution in [-0.2, 0) is 9.84 Å². The van der Waals surface area contributed by atoms with Gasteiger partial charge in [-0.1, -0.05) is 47.7 Å². The summed E-state index contributed by atoms with van der Waals surface area (Å²) in [6.45, 7) is 0.574. The number of ether oxygens (including phenoxy) is 1. The van der Waals surface area contributed by atoms with E-state index in [1.54, 1.807) is 0 Å². The lowest BCUT2D eigenvalue weighted by molar-refractivity contribution is -0.383. The van der Waals surface area contributed by atoms with E-state index < -0.39 is 14.8 Å². The number of nitrogens with one attached hydrogen (secondary N) is 1. The van der Waals surface area contributed by atoms with Crippen molar-refractivity contribution in [3.63, 3.8) is 0 Å². The standard InChI is InChI=1S/C17H16N2O5S2/c1-26(22,23)16-11-14(19(20)21)17(25-16)18-9-10-24-15-8-4-6-12-5-2-3-7-13(12)15/h2-8,11,18H,9-10H2,1H3. The maximum Gasteiger partial charge on any atom is 0.304 e. The summed E-state index contributed by atoms with van der Waals surface area (Å²) in [7, 11) is -3.49. The van der Waals surface area contributed by atoms with Gasteiger partial charge in [0.15, 0.2) is 14.8 Å². The maximum atomic E-state index is 11.6. The molecule has 0 aliphatic heterocycles. The first kappa shape index (κ1) is 18.2. The van der Waals surface area contributed by atoms with Crippen molar-refractivity contribution >= 4 is 42.6 Å². The Labute approximate surface area is 154 Å². The monoisotopic (exact) mass is 392 g/mol. The Hall–Kier alpha value is -2.65.